The first-order valence-corrected chi connectivity index (χ1v) is 7.80. The summed E-state index contributed by atoms with van der Waals surface area (Å²) < 4.78 is 0. The summed E-state index contributed by atoms with van der Waals surface area (Å²) in [5.41, 5.74) is 1.34. The molecule has 1 atom stereocenters. The predicted molar refractivity (Wildman–Crippen MR) is 77.8 cm³/mol. The van der Waals surface area contributed by atoms with Crippen molar-refractivity contribution in [1.29, 1.82) is 0 Å². The van der Waals surface area contributed by atoms with Crippen LogP contribution >= 0.6 is 23.1 Å². The third-order valence-electron chi connectivity index (χ3n) is 2.74. The number of thiophene rings is 1. The van der Waals surface area contributed by atoms with Crippen LogP contribution in [-0.2, 0) is 6.54 Å². The molecule has 0 saturated heterocycles. The topological polar surface area (TPSA) is 12.0 Å². The Kier molecular flexibility index (Phi) is 4.66. The molecule has 0 spiro atoms. The smallest absolute Gasteiger partial charge is 0.0388 e. The van der Waals surface area contributed by atoms with Crippen molar-refractivity contribution in [3.05, 3.63) is 52.2 Å². The Morgan fingerprint density at radius 2 is 2.00 bits per heavy atom. The minimum atomic E-state index is 0.426. The van der Waals surface area contributed by atoms with Crippen LogP contribution in [0.5, 0.6) is 0 Å². The van der Waals surface area contributed by atoms with Crippen LogP contribution in [0.1, 0.15) is 23.4 Å². The summed E-state index contributed by atoms with van der Waals surface area (Å²) >= 11 is 3.59. The van der Waals surface area contributed by atoms with Crippen LogP contribution in [0.3, 0.4) is 0 Å². The monoisotopic (exact) mass is 263 g/mol. The third-order valence-corrected chi connectivity index (χ3v) is 4.54. The Morgan fingerprint density at radius 3 is 2.59 bits per heavy atom. The molecule has 0 fully saturated rings. The van der Waals surface area contributed by atoms with Crippen molar-refractivity contribution < 1.29 is 0 Å². The van der Waals surface area contributed by atoms with Gasteiger partial charge in [0, 0.05) is 22.4 Å². The highest BCUT2D eigenvalue weighted by atomic mass is 32.2. The van der Waals surface area contributed by atoms with Gasteiger partial charge in [0.25, 0.3) is 0 Å². The fraction of sp³-hybridized carbons (Fsp3) is 0.286. The summed E-state index contributed by atoms with van der Waals surface area (Å²) in [5.74, 6) is 0. The lowest BCUT2D eigenvalue weighted by atomic mass is 10.2. The molecule has 0 aliphatic carbocycles. The number of hydrogen-bond acceptors (Lipinski definition) is 3. The minimum absolute atomic E-state index is 0.426. The van der Waals surface area contributed by atoms with E-state index in [0.717, 1.165) is 6.54 Å². The maximum atomic E-state index is 3.54. The van der Waals surface area contributed by atoms with Gasteiger partial charge in [-0.3, -0.25) is 0 Å². The molecule has 0 amide bonds. The van der Waals surface area contributed by atoms with Gasteiger partial charge in [-0.15, -0.1) is 23.1 Å². The lowest BCUT2D eigenvalue weighted by molar-refractivity contribution is 0.583. The van der Waals surface area contributed by atoms with Crippen LogP contribution in [-0.4, -0.2) is 6.26 Å². The van der Waals surface area contributed by atoms with Crippen LogP contribution in [0.2, 0.25) is 0 Å². The predicted octanol–water partition coefficient (Wildman–Crippen LogP) is 4.32. The number of thioether (sulfide) groups is 1. The summed E-state index contributed by atoms with van der Waals surface area (Å²) in [6.07, 6.45) is 2.10. The molecule has 1 N–H and O–H groups in total. The maximum Gasteiger partial charge on any atom is 0.0388 e. The van der Waals surface area contributed by atoms with Crippen LogP contribution < -0.4 is 5.32 Å². The summed E-state index contributed by atoms with van der Waals surface area (Å²) in [6, 6.07) is 13.5. The average Bonchev–Trinajstić information content (AvgIpc) is 2.90. The van der Waals surface area contributed by atoms with Gasteiger partial charge in [0.2, 0.25) is 0 Å². The van der Waals surface area contributed by atoms with E-state index in [4.69, 9.17) is 0 Å². The molecule has 0 unspecified atom stereocenters. The van der Waals surface area contributed by atoms with E-state index in [-0.39, 0.29) is 0 Å². The number of benzene rings is 1. The zero-order valence-electron chi connectivity index (χ0n) is 10.1. The number of nitrogens with one attached hydrogen (secondary N) is 1. The molecule has 1 aromatic heterocycles. The molecule has 0 aliphatic rings. The van der Waals surface area contributed by atoms with Gasteiger partial charge in [-0.1, -0.05) is 18.2 Å². The van der Waals surface area contributed by atoms with E-state index >= 15 is 0 Å². The lowest BCUT2D eigenvalue weighted by Crippen LogP contribution is -2.16. The van der Waals surface area contributed by atoms with Gasteiger partial charge >= 0.3 is 0 Å². The van der Waals surface area contributed by atoms with E-state index in [0.29, 0.717) is 6.04 Å². The molecule has 2 rings (SSSR count). The normalized spacial score (nSPS) is 12.6. The summed E-state index contributed by atoms with van der Waals surface area (Å²) in [5, 5.41) is 5.67. The molecule has 2 aromatic rings. The fourth-order valence-electron chi connectivity index (χ4n) is 1.65. The van der Waals surface area contributed by atoms with Gasteiger partial charge in [0.05, 0.1) is 0 Å². The van der Waals surface area contributed by atoms with E-state index in [1.165, 1.54) is 15.3 Å². The molecule has 3 heteroatoms. The van der Waals surface area contributed by atoms with Crippen LogP contribution in [0.25, 0.3) is 0 Å². The Balaban J connectivity index is 1.89. The first-order valence-electron chi connectivity index (χ1n) is 5.69. The lowest BCUT2D eigenvalue weighted by Gasteiger charge is -2.12. The number of hydrogen-bond donors (Lipinski definition) is 1. The standard InChI is InChI=1S/C14H17NS2/c1-11(14-4-3-9-17-14)15-10-12-5-7-13(16-2)8-6-12/h3-9,11,15H,10H2,1-2H3/t11-/m0/s1. The first kappa shape index (κ1) is 12.7. The maximum absolute atomic E-state index is 3.54. The van der Waals surface area contributed by atoms with E-state index in [9.17, 15) is 0 Å². The van der Waals surface area contributed by atoms with E-state index in [2.05, 4.69) is 60.3 Å². The highest BCUT2D eigenvalue weighted by Crippen LogP contribution is 2.19. The van der Waals surface area contributed by atoms with Crippen molar-refractivity contribution in [2.45, 2.75) is 24.4 Å². The van der Waals surface area contributed by atoms with Gasteiger partial charge < -0.3 is 5.32 Å². The summed E-state index contributed by atoms with van der Waals surface area (Å²) in [4.78, 5) is 2.71. The Labute approximate surface area is 111 Å². The molecule has 0 bridgehead atoms. The molecule has 90 valence electrons. The second-order valence-electron chi connectivity index (χ2n) is 3.97. The molecule has 1 aromatic carbocycles. The summed E-state index contributed by atoms with van der Waals surface area (Å²) in [7, 11) is 0. The summed E-state index contributed by atoms with van der Waals surface area (Å²) in [6.45, 7) is 3.13. The Bertz CT molecular complexity index is 434. The molecule has 1 nitrogen and oxygen atoms in total. The molecular formula is C14H17NS2. The molecule has 17 heavy (non-hydrogen) atoms. The van der Waals surface area contributed by atoms with Crippen molar-refractivity contribution in [3.63, 3.8) is 0 Å². The van der Waals surface area contributed by atoms with Crippen molar-refractivity contribution in [2.75, 3.05) is 6.26 Å². The van der Waals surface area contributed by atoms with E-state index in [1.807, 2.05) is 0 Å². The first-order chi connectivity index (χ1) is 8.29. The van der Waals surface area contributed by atoms with Gasteiger partial charge in [-0.25, -0.2) is 0 Å². The van der Waals surface area contributed by atoms with E-state index in [1.54, 1.807) is 23.1 Å². The minimum Gasteiger partial charge on any atom is -0.305 e. The van der Waals surface area contributed by atoms with Crippen LogP contribution in [0, 0.1) is 0 Å². The van der Waals surface area contributed by atoms with Gasteiger partial charge in [-0.2, -0.15) is 0 Å². The van der Waals surface area contributed by atoms with Crippen molar-refractivity contribution >= 4 is 23.1 Å². The van der Waals surface area contributed by atoms with Crippen LogP contribution in [0.4, 0.5) is 0 Å². The van der Waals surface area contributed by atoms with Crippen molar-refractivity contribution in [3.8, 4) is 0 Å². The SMILES string of the molecule is CSc1ccc(CN[C@@H](C)c2cccs2)cc1. The van der Waals surface area contributed by atoms with E-state index < -0.39 is 0 Å². The molecule has 0 saturated carbocycles. The van der Waals surface area contributed by atoms with Gasteiger partial charge in [0.15, 0.2) is 0 Å². The van der Waals surface area contributed by atoms with Gasteiger partial charge in [-0.05, 0) is 42.3 Å². The zero-order chi connectivity index (χ0) is 12.1. The molecule has 1 heterocycles. The second kappa shape index (κ2) is 6.24. The Hall–Kier alpha value is -0.770. The fourth-order valence-corrected chi connectivity index (χ4v) is 2.82. The van der Waals surface area contributed by atoms with Crippen molar-refractivity contribution in [2.24, 2.45) is 0 Å². The largest absolute Gasteiger partial charge is 0.305 e. The zero-order valence-corrected chi connectivity index (χ0v) is 11.8. The highest BCUT2D eigenvalue weighted by molar-refractivity contribution is 7.98. The third kappa shape index (κ3) is 3.60. The van der Waals surface area contributed by atoms with Crippen molar-refractivity contribution in [1.82, 2.24) is 5.32 Å². The van der Waals surface area contributed by atoms with Crippen LogP contribution in [0.15, 0.2) is 46.7 Å². The number of rotatable bonds is 5. The molecular weight excluding hydrogens is 246 g/mol. The van der Waals surface area contributed by atoms with Gasteiger partial charge in [0.1, 0.15) is 0 Å². The quantitative estimate of drug-likeness (QED) is 0.806. The average molecular weight is 263 g/mol. The second-order valence-corrected chi connectivity index (χ2v) is 5.83. The molecule has 0 radical (unpaired) electrons. The molecule has 0 aliphatic heterocycles. The highest BCUT2D eigenvalue weighted by Gasteiger charge is 2.05. The Morgan fingerprint density at radius 1 is 1.24 bits per heavy atom.